The fourth-order valence-corrected chi connectivity index (χ4v) is 4.15. The molecule has 0 aliphatic carbocycles. The second-order valence-electron chi connectivity index (χ2n) is 9.04. The van der Waals surface area contributed by atoms with Crippen molar-refractivity contribution in [3.05, 3.63) is 106 Å². The zero-order chi connectivity index (χ0) is 29.7. The van der Waals surface area contributed by atoms with Gasteiger partial charge in [-0.3, -0.25) is 9.59 Å². The molecule has 0 heterocycles. The first-order chi connectivity index (χ1) is 19.0. The summed E-state index contributed by atoms with van der Waals surface area (Å²) in [5, 5.41) is 5.88. The maximum absolute atomic E-state index is 13.2. The summed E-state index contributed by atoms with van der Waals surface area (Å²) in [7, 11) is 0. The van der Waals surface area contributed by atoms with E-state index in [2.05, 4.69) is 17.2 Å². The van der Waals surface area contributed by atoms with Gasteiger partial charge in [0.15, 0.2) is 0 Å². The zero-order valence-electron chi connectivity index (χ0n) is 22.9. The van der Waals surface area contributed by atoms with Crippen LogP contribution in [0.15, 0.2) is 84.6 Å². The SMILES string of the molecule is C=C/C=C(\C=C/C)C(=O)N/C(=C\c1ccc(C)cc1Cl)C(=O)NCCCN(CCC)c1cccc(C(F)(F)F)c1. The van der Waals surface area contributed by atoms with Crippen LogP contribution < -0.4 is 15.5 Å². The Morgan fingerprint density at radius 3 is 2.48 bits per heavy atom. The minimum Gasteiger partial charge on any atom is -0.371 e. The molecule has 0 unspecified atom stereocenters. The van der Waals surface area contributed by atoms with Crippen molar-refractivity contribution in [3.63, 3.8) is 0 Å². The molecule has 0 saturated carbocycles. The van der Waals surface area contributed by atoms with Crippen molar-refractivity contribution in [2.75, 3.05) is 24.5 Å². The van der Waals surface area contributed by atoms with Crippen LogP contribution in [-0.2, 0) is 15.8 Å². The van der Waals surface area contributed by atoms with Gasteiger partial charge in [-0.25, -0.2) is 0 Å². The van der Waals surface area contributed by atoms with Crippen molar-refractivity contribution < 1.29 is 22.8 Å². The maximum Gasteiger partial charge on any atom is 0.416 e. The zero-order valence-corrected chi connectivity index (χ0v) is 23.7. The number of nitrogens with zero attached hydrogens (tertiary/aromatic N) is 1. The van der Waals surface area contributed by atoms with Crippen molar-refractivity contribution in [2.45, 2.75) is 39.8 Å². The van der Waals surface area contributed by atoms with E-state index < -0.39 is 23.6 Å². The van der Waals surface area contributed by atoms with Crippen molar-refractivity contribution in [3.8, 4) is 0 Å². The topological polar surface area (TPSA) is 61.4 Å². The highest BCUT2D eigenvalue weighted by atomic mass is 35.5. The Bertz CT molecular complexity index is 1280. The summed E-state index contributed by atoms with van der Waals surface area (Å²) in [5.74, 6) is -1.02. The maximum atomic E-state index is 13.2. The van der Waals surface area contributed by atoms with Gasteiger partial charge in [-0.2, -0.15) is 13.2 Å². The van der Waals surface area contributed by atoms with Crippen LogP contribution >= 0.6 is 11.6 Å². The number of nitrogens with one attached hydrogen (secondary N) is 2. The molecular weight excluding hydrogens is 539 g/mol. The number of benzene rings is 2. The van der Waals surface area contributed by atoms with Crippen LogP contribution in [0.5, 0.6) is 0 Å². The third kappa shape index (κ3) is 10.1. The molecule has 0 fully saturated rings. The first kappa shape index (κ1) is 32.4. The minimum absolute atomic E-state index is 0.00138. The molecule has 5 nitrogen and oxygen atoms in total. The third-order valence-corrected chi connectivity index (χ3v) is 6.10. The highest BCUT2D eigenvalue weighted by Gasteiger charge is 2.30. The van der Waals surface area contributed by atoms with Gasteiger partial charge in [-0.1, -0.05) is 67.6 Å². The third-order valence-electron chi connectivity index (χ3n) is 5.78. The van der Waals surface area contributed by atoms with Gasteiger partial charge in [0, 0.05) is 35.9 Å². The monoisotopic (exact) mass is 573 g/mol. The normalized spacial score (nSPS) is 12.4. The second-order valence-corrected chi connectivity index (χ2v) is 9.45. The van der Waals surface area contributed by atoms with Crippen LogP contribution in [0.2, 0.25) is 5.02 Å². The first-order valence-electron chi connectivity index (χ1n) is 12.9. The van der Waals surface area contributed by atoms with Gasteiger partial charge < -0.3 is 15.5 Å². The van der Waals surface area contributed by atoms with E-state index in [0.717, 1.165) is 24.1 Å². The molecule has 9 heteroatoms. The van der Waals surface area contributed by atoms with Gasteiger partial charge in [-0.05, 0) is 68.2 Å². The molecule has 0 radical (unpaired) electrons. The highest BCUT2D eigenvalue weighted by molar-refractivity contribution is 6.32. The van der Waals surface area contributed by atoms with Gasteiger partial charge in [0.05, 0.1) is 5.56 Å². The Morgan fingerprint density at radius 2 is 1.85 bits per heavy atom. The number of hydrogen-bond acceptors (Lipinski definition) is 3. The van der Waals surface area contributed by atoms with E-state index in [1.807, 2.05) is 24.8 Å². The molecule has 214 valence electrons. The van der Waals surface area contributed by atoms with E-state index in [1.54, 1.807) is 37.3 Å². The standard InChI is InChI=1S/C31H35ClF3N3O2/c1-5-10-23(11-6-2)29(39)37-28(20-24-15-14-22(4)19-27(24)32)30(40)36-16-9-18-38(17-7-3)26-13-8-12-25(21-26)31(33,34)35/h5-6,8,10-15,19-21H,1,7,9,16-18H2,2-4H3,(H,36,40)(H,37,39)/b11-6-,23-10+,28-20-. The number of halogens is 4. The highest BCUT2D eigenvalue weighted by Crippen LogP contribution is 2.31. The molecular formula is C31H35ClF3N3O2. The van der Waals surface area contributed by atoms with Crippen molar-refractivity contribution >= 4 is 35.2 Å². The number of carbonyl (C=O) groups is 2. The number of hydrogen-bond donors (Lipinski definition) is 2. The molecule has 0 bridgehead atoms. The van der Waals surface area contributed by atoms with Crippen molar-refractivity contribution in [2.24, 2.45) is 0 Å². The number of alkyl halides is 3. The van der Waals surface area contributed by atoms with E-state index in [1.165, 1.54) is 24.3 Å². The molecule has 0 saturated heterocycles. The molecule has 0 aromatic heterocycles. The molecule has 2 rings (SSSR count). The van der Waals surface area contributed by atoms with Crippen LogP contribution in [-0.4, -0.2) is 31.4 Å². The van der Waals surface area contributed by atoms with Gasteiger partial charge in [-0.15, -0.1) is 0 Å². The average Bonchev–Trinajstić information content (AvgIpc) is 2.90. The quantitative estimate of drug-likeness (QED) is 0.151. The molecule has 2 aromatic rings. The van der Waals surface area contributed by atoms with Crippen molar-refractivity contribution in [1.82, 2.24) is 10.6 Å². The summed E-state index contributed by atoms with van der Waals surface area (Å²) < 4.78 is 39.6. The number of aryl methyl sites for hydroxylation is 1. The van der Waals surface area contributed by atoms with Gasteiger partial charge in [0.25, 0.3) is 11.8 Å². The summed E-state index contributed by atoms with van der Waals surface area (Å²) >= 11 is 6.36. The van der Waals surface area contributed by atoms with Crippen molar-refractivity contribution in [1.29, 1.82) is 0 Å². The van der Waals surface area contributed by atoms with E-state index in [4.69, 9.17) is 11.6 Å². The lowest BCUT2D eigenvalue weighted by molar-refractivity contribution is -0.137. The summed E-state index contributed by atoms with van der Waals surface area (Å²) in [4.78, 5) is 27.9. The van der Waals surface area contributed by atoms with Gasteiger partial charge in [0.2, 0.25) is 0 Å². The lowest BCUT2D eigenvalue weighted by Gasteiger charge is -2.25. The summed E-state index contributed by atoms with van der Waals surface area (Å²) in [6.07, 6.45) is 4.58. The van der Waals surface area contributed by atoms with Gasteiger partial charge >= 0.3 is 6.18 Å². The number of amides is 2. The minimum atomic E-state index is -4.43. The van der Waals surface area contributed by atoms with Crippen LogP contribution in [0.25, 0.3) is 6.08 Å². The lowest BCUT2D eigenvalue weighted by Crippen LogP contribution is -2.37. The molecule has 2 amide bonds. The second kappa shape index (κ2) is 15.7. The van der Waals surface area contributed by atoms with E-state index >= 15 is 0 Å². The number of allylic oxidation sites excluding steroid dienone is 3. The number of anilines is 1. The van der Waals surface area contributed by atoms with E-state index in [-0.39, 0.29) is 12.2 Å². The smallest absolute Gasteiger partial charge is 0.371 e. The Balaban J connectivity index is 2.18. The summed E-state index contributed by atoms with van der Waals surface area (Å²) in [5.41, 5.74) is 1.56. The Morgan fingerprint density at radius 1 is 1.10 bits per heavy atom. The van der Waals surface area contributed by atoms with Crippen LogP contribution in [0.3, 0.4) is 0 Å². The van der Waals surface area contributed by atoms with Crippen LogP contribution in [0, 0.1) is 6.92 Å². The largest absolute Gasteiger partial charge is 0.416 e. The number of rotatable bonds is 13. The molecule has 0 aliphatic heterocycles. The fraction of sp³-hybridized carbons (Fsp3) is 0.290. The predicted octanol–water partition coefficient (Wildman–Crippen LogP) is 7.24. The van der Waals surface area contributed by atoms with E-state index in [0.29, 0.717) is 41.4 Å². The number of carbonyl (C=O) groups excluding carboxylic acids is 2. The van der Waals surface area contributed by atoms with Crippen LogP contribution in [0.4, 0.5) is 18.9 Å². The summed E-state index contributed by atoms with van der Waals surface area (Å²) in [6, 6.07) is 10.6. The molecule has 0 spiro atoms. The fourth-order valence-electron chi connectivity index (χ4n) is 3.86. The van der Waals surface area contributed by atoms with Crippen LogP contribution in [0.1, 0.15) is 43.4 Å². The molecule has 2 aromatic carbocycles. The summed E-state index contributed by atoms with van der Waals surface area (Å²) in [6.45, 7) is 10.4. The molecule has 2 N–H and O–H groups in total. The molecule has 0 atom stereocenters. The average molecular weight is 574 g/mol. The van der Waals surface area contributed by atoms with Gasteiger partial charge in [0.1, 0.15) is 5.70 Å². The van der Waals surface area contributed by atoms with E-state index in [9.17, 15) is 22.8 Å². The molecule has 40 heavy (non-hydrogen) atoms. The molecule has 0 aliphatic rings. The first-order valence-corrected chi connectivity index (χ1v) is 13.3. The Kier molecular flexibility index (Phi) is 12.7. The Labute approximate surface area is 239 Å². The lowest BCUT2D eigenvalue weighted by atomic mass is 10.1. The predicted molar refractivity (Wildman–Crippen MR) is 157 cm³/mol. The Hall–Kier alpha value is -3.78.